The third-order valence-corrected chi connectivity index (χ3v) is 3.10. The molecule has 0 radical (unpaired) electrons. The van der Waals surface area contributed by atoms with Crippen molar-refractivity contribution < 1.29 is 9.18 Å². The number of halogens is 1. The molecule has 0 spiro atoms. The van der Waals surface area contributed by atoms with E-state index in [1.807, 2.05) is 0 Å². The minimum Gasteiger partial charge on any atom is -0.319 e. The lowest BCUT2D eigenvalue weighted by Gasteiger charge is -2.03. The minimum atomic E-state index is -0.518. The highest BCUT2D eigenvalue weighted by Gasteiger charge is 2.11. The zero-order valence-corrected chi connectivity index (χ0v) is 11.8. The van der Waals surface area contributed by atoms with E-state index in [2.05, 4.69) is 20.5 Å². The van der Waals surface area contributed by atoms with Crippen molar-refractivity contribution in [3.05, 3.63) is 70.4 Å². The Kier molecular flexibility index (Phi) is 3.92. The second-order valence-electron chi connectivity index (χ2n) is 4.67. The maximum Gasteiger partial charge on any atom is 0.276 e. The van der Waals surface area contributed by atoms with Crippen LogP contribution in [0.4, 0.5) is 10.1 Å². The van der Waals surface area contributed by atoms with Crippen LogP contribution in [0.15, 0.2) is 58.4 Å². The highest BCUT2D eigenvalue weighted by atomic mass is 19.1. The average Bonchev–Trinajstić information content (AvgIpc) is 2.57. The molecule has 6 nitrogen and oxygen atoms in total. The number of para-hydroxylation sites is 2. The van der Waals surface area contributed by atoms with E-state index in [9.17, 15) is 14.0 Å². The molecule has 0 saturated carbocycles. The summed E-state index contributed by atoms with van der Waals surface area (Å²) in [5.41, 5.74) is 3.42. The Morgan fingerprint density at radius 3 is 2.65 bits per heavy atom. The molecule has 0 atom stereocenters. The summed E-state index contributed by atoms with van der Waals surface area (Å²) in [5, 5.41) is 3.87. The zero-order valence-electron chi connectivity index (χ0n) is 11.8. The van der Waals surface area contributed by atoms with E-state index in [1.165, 1.54) is 24.3 Å². The standard InChI is InChI=1S/C16H11FN4O2/c17-10-5-7-11(8-6-10)20-21-14(9-22)15-16(23)19-13-4-2-1-3-12(13)18-15/h1-9,20H,(H,19,23). The largest absolute Gasteiger partial charge is 0.319 e. The number of aromatic amines is 1. The smallest absolute Gasteiger partial charge is 0.276 e. The molecule has 23 heavy (non-hydrogen) atoms. The first-order valence-corrected chi connectivity index (χ1v) is 6.71. The van der Waals surface area contributed by atoms with Crippen LogP contribution in [0, 0.1) is 5.82 Å². The fraction of sp³-hybridized carbons (Fsp3) is 0. The molecule has 2 aromatic carbocycles. The predicted molar refractivity (Wildman–Crippen MR) is 85.0 cm³/mol. The Balaban J connectivity index is 1.98. The average molecular weight is 310 g/mol. The van der Waals surface area contributed by atoms with Crippen LogP contribution in [0.1, 0.15) is 5.69 Å². The molecule has 3 aromatic rings. The van der Waals surface area contributed by atoms with Crippen molar-refractivity contribution >= 4 is 28.7 Å². The fourth-order valence-corrected chi connectivity index (χ4v) is 1.99. The number of hydrazone groups is 1. The number of aromatic nitrogens is 2. The van der Waals surface area contributed by atoms with Gasteiger partial charge in [0.05, 0.1) is 16.7 Å². The van der Waals surface area contributed by atoms with Crippen LogP contribution < -0.4 is 11.0 Å². The zero-order chi connectivity index (χ0) is 16.2. The number of carbonyl (C=O) groups is 1. The fourth-order valence-electron chi connectivity index (χ4n) is 1.99. The van der Waals surface area contributed by atoms with Crippen molar-refractivity contribution in [1.29, 1.82) is 0 Å². The minimum absolute atomic E-state index is 0.0895. The highest BCUT2D eigenvalue weighted by molar-refractivity contribution is 6.35. The Morgan fingerprint density at radius 1 is 1.17 bits per heavy atom. The van der Waals surface area contributed by atoms with E-state index in [0.29, 0.717) is 23.0 Å². The van der Waals surface area contributed by atoms with Gasteiger partial charge in [-0.1, -0.05) is 12.1 Å². The van der Waals surface area contributed by atoms with Crippen molar-refractivity contribution in [3.8, 4) is 0 Å². The Hall–Kier alpha value is -3.35. The number of hydrogen-bond acceptors (Lipinski definition) is 5. The monoisotopic (exact) mass is 310 g/mol. The molecular weight excluding hydrogens is 299 g/mol. The van der Waals surface area contributed by atoms with Gasteiger partial charge in [-0.3, -0.25) is 15.0 Å². The van der Waals surface area contributed by atoms with E-state index in [4.69, 9.17) is 0 Å². The summed E-state index contributed by atoms with van der Waals surface area (Å²) in [5.74, 6) is -0.386. The lowest BCUT2D eigenvalue weighted by atomic mass is 10.2. The second-order valence-corrected chi connectivity index (χ2v) is 4.67. The number of benzene rings is 2. The molecule has 2 N–H and O–H groups in total. The first kappa shape index (κ1) is 14.6. The summed E-state index contributed by atoms with van der Waals surface area (Å²) >= 11 is 0. The maximum absolute atomic E-state index is 12.8. The molecule has 0 aliphatic carbocycles. The van der Waals surface area contributed by atoms with E-state index in [-0.39, 0.29) is 17.2 Å². The highest BCUT2D eigenvalue weighted by Crippen LogP contribution is 2.09. The first-order chi connectivity index (χ1) is 11.2. The third-order valence-electron chi connectivity index (χ3n) is 3.10. The van der Waals surface area contributed by atoms with Crippen molar-refractivity contribution in [3.63, 3.8) is 0 Å². The molecule has 7 heteroatoms. The van der Waals surface area contributed by atoms with Gasteiger partial charge >= 0.3 is 0 Å². The molecule has 0 amide bonds. The molecular formula is C16H11FN4O2. The molecule has 114 valence electrons. The van der Waals surface area contributed by atoms with Crippen LogP contribution in [0.2, 0.25) is 0 Å². The molecule has 0 saturated heterocycles. The summed E-state index contributed by atoms with van der Waals surface area (Å²) in [6.45, 7) is 0. The van der Waals surface area contributed by atoms with Crippen LogP contribution in [0.25, 0.3) is 11.0 Å². The van der Waals surface area contributed by atoms with Crippen LogP contribution in [-0.2, 0) is 4.79 Å². The van der Waals surface area contributed by atoms with E-state index < -0.39 is 5.56 Å². The van der Waals surface area contributed by atoms with Crippen molar-refractivity contribution in [1.82, 2.24) is 9.97 Å². The predicted octanol–water partition coefficient (Wildman–Crippen LogP) is 2.08. The number of nitrogens with zero attached hydrogens (tertiary/aromatic N) is 2. The summed E-state index contributed by atoms with van der Waals surface area (Å²) in [6.07, 6.45) is 0.433. The number of rotatable bonds is 4. The molecule has 1 aromatic heterocycles. The van der Waals surface area contributed by atoms with Gasteiger partial charge in [0, 0.05) is 0 Å². The van der Waals surface area contributed by atoms with Gasteiger partial charge in [-0.05, 0) is 36.4 Å². The topological polar surface area (TPSA) is 87.2 Å². The molecule has 3 rings (SSSR count). The molecule has 0 fully saturated rings. The van der Waals surface area contributed by atoms with Crippen LogP contribution in [0.3, 0.4) is 0 Å². The first-order valence-electron chi connectivity index (χ1n) is 6.71. The summed E-state index contributed by atoms with van der Waals surface area (Å²) in [4.78, 5) is 30.1. The summed E-state index contributed by atoms with van der Waals surface area (Å²) in [7, 11) is 0. The maximum atomic E-state index is 12.8. The van der Waals surface area contributed by atoms with Gasteiger partial charge < -0.3 is 4.98 Å². The van der Waals surface area contributed by atoms with Gasteiger partial charge in [-0.25, -0.2) is 9.37 Å². The van der Waals surface area contributed by atoms with Crippen LogP contribution in [0.5, 0.6) is 0 Å². The normalized spacial score (nSPS) is 11.4. The van der Waals surface area contributed by atoms with Crippen molar-refractivity contribution in [2.24, 2.45) is 5.10 Å². The number of anilines is 1. The number of aldehydes is 1. The van der Waals surface area contributed by atoms with Crippen molar-refractivity contribution in [2.45, 2.75) is 0 Å². The number of fused-ring (bicyclic) bond motifs is 1. The number of carbonyl (C=O) groups excluding carboxylic acids is 1. The molecule has 0 unspecified atom stereocenters. The SMILES string of the molecule is O=CC(=NNc1ccc(F)cc1)c1nc2ccccc2[nH]c1=O. The second kappa shape index (κ2) is 6.18. The summed E-state index contributed by atoms with van der Waals surface area (Å²) < 4.78 is 12.8. The number of nitrogens with one attached hydrogen (secondary N) is 2. The van der Waals surface area contributed by atoms with Crippen LogP contribution >= 0.6 is 0 Å². The van der Waals surface area contributed by atoms with E-state index in [1.54, 1.807) is 24.3 Å². The van der Waals surface area contributed by atoms with Gasteiger partial charge in [0.15, 0.2) is 17.7 Å². The van der Waals surface area contributed by atoms with Gasteiger partial charge in [-0.15, -0.1) is 0 Å². The quantitative estimate of drug-likeness (QED) is 0.439. The van der Waals surface area contributed by atoms with Crippen molar-refractivity contribution in [2.75, 3.05) is 5.43 Å². The van der Waals surface area contributed by atoms with E-state index in [0.717, 1.165) is 0 Å². The Morgan fingerprint density at radius 2 is 1.91 bits per heavy atom. The number of H-pyrrole nitrogens is 1. The van der Waals surface area contributed by atoms with Gasteiger partial charge in [0.2, 0.25) is 0 Å². The third kappa shape index (κ3) is 3.13. The molecule has 0 bridgehead atoms. The summed E-state index contributed by atoms with van der Waals surface area (Å²) in [6, 6.07) is 12.4. The Labute approximate surface area is 129 Å². The van der Waals surface area contributed by atoms with E-state index >= 15 is 0 Å². The molecule has 0 aliphatic heterocycles. The lowest BCUT2D eigenvalue weighted by Crippen LogP contribution is -2.22. The van der Waals surface area contributed by atoms with Gasteiger partial charge in [0.25, 0.3) is 5.56 Å². The van der Waals surface area contributed by atoms with Gasteiger partial charge in [-0.2, -0.15) is 5.10 Å². The number of hydrogen-bond donors (Lipinski definition) is 2. The molecule has 0 aliphatic rings. The van der Waals surface area contributed by atoms with Crippen LogP contribution in [-0.4, -0.2) is 22.0 Å². The molecule has 1 heterocycles. The van der Waals surface area contributed by atoms with Gasteiger partial charge in [0.1, 0.15) is 5.82 Å². The lowest BCUT2D eigenvalue weighted by molar-refractivity contribution is -0.102. The Bertz CT molecular complexity index is 948.